The molecular weight excluding hydrogens is 340 g/mol. The van der Waals surface area contributed by atoms with E-state index in [1.165, 1.54) is 44.6 Å². The summed E-state index contributed by atoms with van der Waals surface area (Å²) in [5.41, 5.74) is 2.15. The van der Waals surface area contributed by atoms with Crippen LogP contribution in [0.1, 0.15) is 31.1 Å². The number of nitrogens with one attached hydrogen (secondary N) is 2. The standard InChI is InChI=1S/C18H16N2O6/c1-25-13-8-7-10(9-14(13)26-2)17(23)19-20-18(24)15(21)11-5-3-4-6-12(11)16(18)22/h3-9,20,24H,1-2H3,(H,19,23). The van der Waals surface area contributed by atoms with E-state index in [1.54, 1.807) is 12.1 Å². The molecule has 1 amide bonds. The second kappa shape index (κ2) is 6.58. The fourth-order valence-electron chi connectivity index (χ4n) is 2.68. The fourth-order valence-corrected chi connectivity index (χ4v) is 2.68. The summed E-state index contributed by atoms with van der Waals surface area (Å²) in [6.07, 6.45) is 0. The first-order valence-corrected chi connectivity index (χ1v) is 7.63. The van der Waals surface area contributed by atoms with Gasteiger partial charge in [-0.05, 0) is 18.2 Å². The highest BCUT2D eigenvalue weighted by molar-refractivity contribution is 6.31. The van der Waals surface area contributed by atoms with E-state index in [-0.39, 0.29) is 16.7 Å². The zero-order valence-electron chi connectivity index (χ0n) is 14.0. The van der Waals surface area contributed by atoms with E-state index >= 15 is 0 Å². The Morgan fingerprint density at radius 3 is 2.08 bits per heavy atom. The average molecular weight is 356 g/mol. The molecule has 1 aliphatic carbocycles. The highest BCUT2D eigenvalue weighted by atomic mass is 16.5. The summed E-state index contributed by atoms with van der Waals surface area (Å²) in [6, 6.07) is 10.5. The van der Waals surface area contributed by atoms with Crippen molar-refractivity contribution >= 4 is 17.5 Å². The number of benzene rings is 2. The molecule has 0 aromatic heterocycles. The third kappa shape index (κ3) is 2.71. The first-order valence-electron chi connectivity index (χ1n) is 7.63. The number of Topliss-reactive ketones (excluding diaryl/α,β-unsaturated/α-hetero) is 2. The van der Waals surface area contributed by atoms with E-state index in [0.717, 1.165) is 0 Å². The lowest BCUT2D eigenvalue weighted by atomic mass is 10.1. The van der Waals surface area contributed by atoms with Crippen LogP contribution in [0.2, 0.25) is 0 Å². The van der Waals surface area contributed by atoms with Gasteiger partial charge in [0.05, 0.1) is 14.2 Å². The van der Waals surface area contributed by atoms with E-state index in [4.69, 9.17) is 9.47 Å². The van der Waals surface area contributed by atoms with Crippen LogP contribution in [0, 0.1) is 0 Å². The number of hydrogen-bond donors (Lipinski definition) is 3. The fraction of sp³-hybridized carbons (Fsp3) is 0.167. The number of methoxy groups -OCH3 is 2. The van der Waals surface area contributed by atoms with Crippen molar-refractivity contribution in [2.24, 2.45) is 0 Å². The SMILES string of the molecule is COc1ccc(C(=O)NNC2(O)C(=O)c3ccccc3C2=O)cc1OC. The summed E-state index contributed by atoms with van der Waals surface area (Å²) in [5.74, 6) is -1.56. The van der Waals surface area contributed by atoms with Crippen LogP contribution >= 0.6 is 0 Å². The van der Waals surface area contributed by atoms with Crippen molar-refractivity contribution in [3.05, 3.63) is 59.2 Å². The number of ketones is 2. The molecule has 0 saturated carbocycles. The maximum atomic E-state index is 12.3. The highest BCUT2D eigenvalue weighted by Gasteiger charge is 2.52. The van der Waals surface area contributed by atoms with Gasteiger partial charge in [0.2, 0.25) is 11.6 Å². The average Bonchev–Trinajstić information content (AvgIpc) is 2.87. The monoisotopic (exact) mass is 356 g/mol. The van der Waals surface area contributed by atoms with Gasteiger partial charge in [0, 0.05) is 16.7 Å². The molecule has 0 radical (unpaired) electrons. The molecule has 0 atom stereocenters. The minimum atomic E-state index is -2.55. The third-order valence-corrected chi connectivity index (χ3v) is 4.08. The molecule has 0 spiro atoms. The minimum Gasteiger partial charge on any atom is -0.493 e. The molecule has 0 unspecified atom stereocenters. The molecule has 8 heteroatoms. The zero-order valence-corrected chi connectivity index (χ0v) is 14.0. The minimum absolute atomic E-state index is 0.0906. The van der Waals surface area contributed by atoms with Gasteiger partial charge < -0.3 is 14.6 Å². The van der Waals surface area contributed by atoms with Crippen LogP contribution in [0.4, 0.5) is 0 Å². The van der Waals surface area contributed by atoms with Gasteiger partial charge in [0.25, 0.3) is 11.6 Å². The van der Waals surface area contributed by atoms with Gasteiger partial charge >= 0.3 is 0 Å². The molecular formula is C18H16N2O6. The lowest BCUT2D eigenvalue weighted by Crippen LogP contribution is -2.61. The molecule has 3 rings (SSSR count). The molecule has 134 valence electrons. The molecule has 0 fully saturated rings. The number of aliphatic hydroxyl groups is 1. The van der Waals surface area contributed by atoms with Crippen molar-refractivity contribution in [3.8, 4) is 11.5 Å². The van der Waals surface area contributed by atoms with Crippen molar-refractivity contribution in [1.29, 1.82) is 0 Å². The van der Waals surface area contributed by atoms with Crippen molar-refractivity contribution in [1.82, 2.24) is 10.9 Å². The van der Waals surface area contributed by atoms with Crippen LogP contribution in [0.5, 0.6) is 11.5 Å². The highest BCUT2D eigenvalue weighted by Crippen LogP contribution is 2.29. The van der Waals surface area contributed by atoms with Crippen molar-refractivity contribution in [2.45, 2.75) is 5.72 Å². The van der Waals surface area contributed by atoms with E-state index < -0.39 is 23.2 Å². The lowest BCUT2D eigenvalue weighted by Gasteiger charge is -2.21. The van der Waals surface area contributed by atoms with Gasteiger partial charge in [-0.1, -0.05) is 24.3 Å². The van der Waals surface area contributed by atoms with Gasteiger partial charge in [-0.2, -0.15) is 5.43 Å². The van der Waals surface area contributed by atoms with Gasteiger partial charge in [-0.15, -0.1) is 0 Å². The maximum absolute atomic E-state index is 12.3. The number of rotatable bonds is 5. The van der Waals surface area contributed by atoms with Crippen LogP contribution in [0.25, 0.3) is 0 Å². The summed E-state index contributed by atoms with van der Waals surface area (Å²) >= 11 is 0. The van der Waals surface area contributed by atoms with Crippen LogP contribution in [0.15, 0.2) is 42.5 Å². The molecule has 0 aliphatic heterocycles. The van der Waals surface area contributed by atoms with Crippen LogP contribution in [0.3, 0.4) is 0 Å². The first-order chi connectivity index (χ1) is 12.4. The zero-order chi connectivity index (χ0) is 18.9. The number of carbonyl (C=O) groups is 3. The van der Waals surface area contributed by atoms with E-state index in [0.29, 0.717) is 11.5 Å². The number of fused-ring (bicyclic) bond motifs is 1. The molecule has 26 heavy (non-hydrogen) atoms. The second-order valence-corrected chi connectivity index (χ2v) is 5.56. The number of carbonyl (C=O) groups excluding carboxylic acids is 3. The summed E-state index contributed by atoms with van der Waals surface area (Å²) in [7, 11) is 2.89. The first kappa shape index (κ1) is 17.6. The molecule has 3 N–H and O–H groups in total. The Labute approximate surface area is 148 Å². The number of hydrogen-bond acceptors (Lipinski definition) is 7. The summed E-state index contributed by atoms with van der Waals surface area (Å²) in [6.45, 7) is 0. The van der Waals surface area contributed by atoms with Gasteiger partial charge in [0.1, 0.15) is 0 Å². The Kier molecular flexibility index (Phi) is 4.45. The number of amides is 1. The van der Waals surface area contributed by atoms with Crippen molar-refractivity contribution < 1.29 is 29.0 Å². The number of ether oxygens (including phenoxy) is 2. The Morgan fingerprint density at radius 2 is 1.54 bits per heavy atom. The predicted octanol–water partition coefficient (Wildman–Crippen LogP) is 0.706. The Morgan fingerprint density at radius 1 is 0.962 bits per heavy atom. The predicted molar refractivity (Wildman–Crippen MR) is 90.2 cm³/mol. The normalized spacial score (nSPS) is 14.7. The van der Waals surface area contributed by atoms with Crippen LogP contribution < -0.4 is 20.3 Å². The molecule has 0 bridgehead atoms. The van der Waals surface area contributed by atoms with E-state index in [1.807, 2.05) is 0 Å². The summed E-state index contributed by atoms with van der Waals surface area (Å²) in [5, 5.41) is 10.5. The summed E-state index contributed by atoms with van der Waals surface area (Å²) in [4.78, 5) is 37.0. The van der Waals surface area contributed by atoms with Gasteiger partial charge in [-0.3, -0.25) is 19.8 Å². The topological polar surface area (TPSA) is 114 Å². The van der Waals surface area contributed by atoms with Gasteiger partial charge in [-0.25, -0.2) is 0 Å². The Hall–Kier alpha value is -3.23. The second-order valence-electron chi connectivity index (χ2n) is 5.56. The van der Waals surface area contributed by atoms with Gasteiger partial charge in [0.15, 0.2) is 11.5 Å². The lowest BCUT2D eigenvalue weighted by molar-refractivity contribution is 0.0138. The van der Waals surface area contributed by atoms with Crippen LogP contribution in [-0.2, 0) is 0 Å². The third-order valence-electron chi connectivity index (χ3n) is 4.08. The largest absolute Gasteiger partial charge is 0.493 e. The molecule has 0 saturated heterocycles. The van der Waals surface area contributed by atoms with Crippen molar-refractivity contribution in [2.75, 3.05) is 14.2 Å². The van der Waals surface area contributed by atoms with E-state index in [2.05, 4.69) is 10.9 Å². The quantitative estimate of drug-likeness (QED) is 0.411. The molecule has 8 nitrogen and oxygen atoms in total. The van der Waals surface area contributed by atoms with Crippen LogP contribution in [-0.4, -0.2) is 42.5 Å². The molecule has 2 aromatic rings. The maximum Gasteiger partial charge on any atom is 0.265 e. The Bertz CT molecular complexity index is 873. The number of hydrazine groups is 1. The van der Waals surface area contributed by atoms with Crippen molar-refractivity contribution in [3.63, 3.8) is 0 Å². The molecule has 2 aromatic carbocycles. The molecule has 0 heterocycles. The smallest absolute Gasteiger partial charge is 0.265 e. The Balaban J connectivity index is 1.78. The molecule has 1 aliphatic rings. The van der Waals surface area contributed by atoms with E-state index in [9.17, 15) is 19.5 Å². The summed E-state index contributed by atoms with van der Waals surface area (Å²) < 4.78 is 10.2.